The van der Waals surface area contributed by atoms with Gasteiger partial charge >= 0.3 is 0 Å². The first-order chi connectivity index (χ1) is 12.3. The van der Waals surface area contributed by atoms with E-state index in [4.69, 9.17) is 0 Å². The number of benzene rings is 2. The van der Waals surface area contributed by atoms with Gasteiger partial charge in [0.15, 0.2) is 0 Å². The number of hydrogen-bond donors (Lipinski definition) is 1. The second-order valence-electron chi connectivity index (χ2n) is 7.76. The number of carbonyl (C=O) groups excluding carboxylic acids is 1. The highest BCUT2D eigenvalue weighted by Crippen LogP contribution is 2.22. The molecule has 3 nitrogen and oxygen atoms in total. The Bertz CT molecular complexity index is 776. The topological polar surface area (TPSA) is 41.5 Å². The molecular weight excluding hydrogens is 320 g/mol. The molecule has 0 saturated heterocycles. The number of nitrogens with one attached hydrogen (secondary N) is 1. The van der Waals surface area contributed by atoms with Gasteiger partial charge in [-0.2, -0.15) is 5.10 Å². The zero-order chi connectivity index (χ0) is 19.2. The van der Waals surface area contributed by atoms with Crippen LogP contribution in [0.5, 0.6) is 0 Å². The lowest BCUT2D eigenvalue weighted by atomic mass is 9.87. The molecule has 2 aromatic carbocycles. The van der Waals surface area contributed by atoms with E-state index in [2.05, 4.69) is 69.4 Å². The number of hydrazone groups is 1. The van der Waals surface area contributed by atoms with Gasteiger partial charge in [-0.15, -0.1) is 0 Å². The van der Waals surface area contributed by atoms with Crippen LogP contribution in [0.3, 0.4) is 0 Å². The zero-order valence-electron chi connectivity index (χ0n) is 16.3. The molecule has 0 fully saturated rings. The van der Waals surface area contributed by atoms with Crippen molar-refractivity contribution in [1.29, 1.82) is 0 Å². The summed E-state index contributed by atoms with van der Waals surface area (Å²) in [5.74, 6) is 0.253. The molecule has 1 N–H and O–H groups in total. The average Bonchev–Trinajstić information content (AvgIpc) is 2.60. The lowest BCUT2D eigenvalue weighted by Gasteiger charge is -2.18. The molecule has 0 unspecified atom stereocenters. The van der Waals surface area contributed by atoms with E-state index in [-0.39, 0.29) is 11.3 Å². The van der Waals surface area contributed by atoms with Crippen LogP contribution in [0, 0.1) is 0 Å². The Balaban J connectivity index is 1.88. The van der Waals surface area contributed by atoms with Crippen molar-refractivity contribution in [3.63, 3.8) is 0 Å². The molecule has 0 spiro atoms. The molecule has 26 heavy (non-hydrogen) atoms. The first kappa shape index (κ1) is 19.6. The SMILES string of the molecule is CC(C)c1ccc(/C=N/NC(=O)/C=C/c2ccc(C(C)(C)C)cc2)cc1. The standard InChI is InChI=1S/C23H28N2O/c1-17(2)20-11-6-19(7-12-20)16-24-25-22(26)15-10-18-8-13-21(14-9-18)23(3,4)5/h6-17H,1-5H3,(H,25,26)/b15-10+,24-16+. The van der Waals surface area contributed by atoms with Gasteiger partial charge in [-0.05, 0) is 39.7 Å². The Morgan fingerprint density at radius 3 is 2.08 bits per heavy atom. The highest BCUT2D eigenvalue weighted by atomic mass is 16.2. The van der Waals surface area contributed by atoms with E-state index in [0.29, 0.717) is 5.92 Å². The van der Waals surface area contributed by atoms with Crippen molar-refractivity contribution in [3.05, 3.63) is 76.9 Å². The average molecular weight is 348 g/mol. The van der Waals surface area contributed by atoms with Crippen LogP contribution in [0.15, 0.2) is 59.7 Å². The molecule has 2 aromatic rings. The predicted molar refractivity (Wildman–Crippen MR) is 110 cm³/mol. The third kappa shape index (κ3) is 5.99. The summed E-state index contributed by atoms with van der Waals surface area (Å²) in [6, 6.07) is 16.4. The summed E-state index contributed by atoms with van der Waals surface area (Å²) < 4.78 is 0. The van der Waals surface area contributed by atoms with Gasteiger partial charge in [0.1, 0.15) is 0 Å². The van der Waals surface area contributed by atoms with Crippen LogP contribution in [0.4, 0.5) is 0 Å². The maximum atomic E-state index is 11.9. The second kappa shape index (κ2) is 8.61. The Morgan fingerprint density at radius 1 is 0.962 bits per heavy atom. The van der Waals surface area contributed by atoms with Crippen molar-refractivity contribution in [2.45, 2.75) is 46.0 Å². The third-order valence-corrected chi connectivity index (χ3v) is 4.20. The Hall–Kier alpha value is -2.68. The van der Waals surface area contributed by atoms with Crippen LogP contribution in [0.2, 0.25) is 0 Å². The normalized spacial score (nSPS) is 12.2. The van der Waals surface area contributed by atoms with Gasteiger partial charge in [-0.3, -0.25) is 4.79 Å². The molecule has 3 heteroatoms. The summed E-state index contributed by atoms with van der Waals surface area (Å²) in [6.45, 7) is 10.9. The number of carbonyl (C=O) groups is 1. The molecule has 136 valence electrons. The minimum atomic E-state index is -0.250. The smallest absolute Gasteiger partial charge is 0.264 e. The Morgan fingerprint density at radius 2 is 1.54 bits per heavy atom. The van der Waals surface area contributed by atoms with Gasteiger partial charge in [0.05, 0.1) is 6.21 Å². The number of hydrogen-bond acceptors (Lipinski definition) is 2. The summed E-state index contributed by atoms with van der Waals surface area (Å²) in [4.78, 5) is 11.9. The molecule has 1 amide bonds. The van der Waals surface area contributed by atoms with Crippen molar-refractivity contribution >= 4 is 18.2 Å². The molecule has 0 aliphatic carbocycles. The summed E-state index contributed by atoms with van der Waals surface area (Å²) >= 11 is 0. The van der Waals surface area contributed by atoms with Gasteiger partial charge in [0, 0.05) is 6.08 Å². The van der Waals surface area contributed by atoms with Gasteiger partial charge in [-0.25, -0.2) is 5.43 Å². The van der Waals surface area contributed by atoms with Crippen molar-refractivity contribution in [1.82, 2.24) is 5.43 Å². The lowest BCUT2D eigenvalue weighted by Crippen LogP contribution is -2.14. The Labute approximate surface area is 156 Å². The summed E-state index contributed by atoms with van der Waals surface area (Å²) in [7, 11) is 0. The second-order valence-corrected chi connectivity index (χ2v) is 7.76. The van der Waals surface area contributed by atoms with Crippen molar-refractivity contribution in [2.75, 3.05) is 0 Å². The molecule has 0 saturated carbocycles. The first-order valence-electron chi connectivity index (χ1n) is 8.97. The minimum Gasteiger partial charge on any atom is -0.268 e. The molecule has 2 rings (SSSR count). The summed E-state index contributed by atoms with van der Waals surface area (Å²) in [5.41, 5.74) is 7.14. The van der Waals surface area contributed by atoms with E-state index in [1.165, 1.54) is 17.2 Å². The molecule has 0 heterocycles. The molecule has 0 atom stereocenters. The monoisotopic (exact) mass is 348 g/mol. The van der Waals surface area contributed by atoms with E-state index in [1.54, 1.807) is 12.3 Å². The van der Waals surface area contributed by atoms with Crippen molar-refractivity contribution < 1.29 is 4.79 Å². The van der Waals surface area contributed by atoms with E-state index < -0.39 is 0 Å². The van der Waals surface area contributed by atoms with Crippen molar-refractivity contribution in [3.8, 4) is 0 Å². The van der Waals surface area contributed by atoms with Gasteiger partial charge < -0.3 is 0 Å². The first-order valence-corrected chi connectivity index (χ1v) is 8.97. The third-order valence-electron chi connectivity index (χ3n) is 4.20. The van der Waals surface area contributed by atoms with Crippen LogP contribution in [-0.4, -0.2) is 12.1 Å². The van der Waals surface area contributed by atoms with Crippen LogP contribution in [-0.2, 0) is 10.2 Å². The molecule has 0 radical (unpaired) electrons. The fourth-order valence-corrected chi connectivity index (χ4v) is 2.44. The summed E-state index contributed by atoms with van der Waals surface area (Å²) in [5, 5.41) is 4.00. The quantitative estimate of drug-likeness (QED) is 0.446. The zero-order valence-corrected chi connectivity index (χ0v) is 16.3. The highest BCUT2D eigenvalue weighted by molar-refractivity contribution is 5.92. The fourth-order valence-electron chi connectivity index (χ4n) is 2.44. The number of amides is 1. The van der Waals surface area contributed by atoms with Crippen LogP contribution >= 0.6 is 0 Å². The van der Waals surface area contributed by atoms with E-state index in [9.17, 15) is 4.79 Å². The largest absolute Gasteiger partial charge is 0.268 e. The molecule has 0 aliphatic heterocycles. The van der Waals surface area contributed by atoms with Gasteiger partial charge in [0.25, 0.3) is 5.91 Å². The molecule has 0 aromatic heterocycles. The minimum absolute atomic E-state index is 0.127. The van der Waals surface area contributed by atoms with E-state index >= 15 is 0 Å². The highest BCUT2D eigenvalue weighted by Gasteiger charge is 2.12. The molecule has 0 aliphatic rings. The predicted octanol–water partition coefficient (Wildman–Crippen LogP) is 5.27. The van der Waals surface area contributed by atoms with Crippen LogP contribution < -0.4 is 5.43 Å². The lowest BCUT2D eigenvalue weighted by molar-refractivity contribution is -0.116. The fraction of sp³-hybridized carbons (Fsp3) is 0.304. The maximum absolute atomic E-state index is 11.9. The molecular formula is C23H28N2O. The number of rotatable bonds is 5. The van der Waals surface area contributed by atoms with Gasteiger partial charge in [0.2, 0.25) is 0 Å². The van der Waals surface area contributed by atoms with Crippen LogP contribution in [0.25, 0.3) is 6.08 Å². The Kier molecular flexibility index (Phi) is 6.51. The van der Waals surface area contributed by atoms with E-state index in [1.807, 2.05) is 24.3 Å². The maximum Gasteiger partial charge on any atom is 0.264 e. The van der Waals surface area contributed by atoms with E-state index in [0.717, 1.165) is 11.1 Å². The molecule has 0 bridgehead atoms. The summed E-state index contributed by atoms with van der Waals surface area (Å²) in [6.07, 6.45) is 4.92. The number of nitrogens with zero attached hydrogens (tertiary/aromatic N) is 1. The van der Waals surface area contributed by atoms with Gasteiger partial charge in [-0.1, -0.05) is 83.1 Å². The van der Waals surface area contributed by atoms with Crippen molar-refractivity contribution in [2.24, 2.45) is 5.10 Å². The van der Waals surface area contributed by atoms with Crippen LogP contribution in [0.1, 0.15) is 62.8 Å².